The van der Waals surface area contributed by atoms with Gasteiger partial charge in [-0.05, 0) is 19.8 Å². The second-order valence-corrected chi connectivity index (χ2v) is 4.30. The molecule has 0 atom stereocenters. The van der Waals surface area contributed by atoms with Crippen molar-refractivity contribution in [3.63, 3.8) is 0 Å². The Kier molecular flexibility index (Phi) is 3.56. The highest BCUT2D eigenvalue weighted by atomic mass is 16.4. The molecule has 0 aromatic carbocycles. The monoisotopic (exact) mass is 235 g/mol. The third kappa shape index (κ3) is 2.54. The molecule has 0 radical (unpaired) electrons. The second kappa shape index (κ2) is 5.12. The van der Waals surface area contributed by atoms with E-state index in [9.17, 15) is 4.79 Å². The summed E-state index contributed by atoms with van der Waals surface area (Å²) in [6, 6.07) is 0.510. The van der Waals surface area contributed by atoms with Crippen LogP contribution in [0, 0.1) is 0 Å². The number of hydrogen-bond donors (Lipinski definition) is 1. The van der Waals surface area contributed by atoms with Gasteiger partial charge in [-0.2, -0.15) is 0 Å². The third-order valence-electron chi connectivity index (χ3n) is 3.25. The minimum Gasteiger partial charge on any atom is -0.478 e. The number of nitrogens with zero attached hydrogens (tertiary/aromatic N) is 3. The van der Waals surface area contributed by atoms with Gasteiger partial charge >= 0.3 is 5.97 Å². The smallest absolute Gasteiger partial charge is 0.338 e. The Bertz CT molecular complexity index is 385. The summed E-state index contributed by atoms with van der Waals surface area (Å²) in [5.41, 5.74) is 0.135. The van der Waals surface area contributed by atoms with Crippen molar-refractivity contribution in [2.75, 3.05) is 11.4 Å². The zero-order chi connectivity index (χ0) is 12.3. The molecule has 92 valence electrons. The van der Waals surface area contributed by atoms with E-state index in [-0.39, 0.29) is 5.56 Å². The molecule has 5 heteroatoms. The maximum absolute atomic E-state index is 10.7. The molecular weight excluding hydrogens is 218 g/mol. The first-order chi connectivity index (χ1) is 8.22. The van der Waals surface area contributed by atoms with E-state index in [1.165, 1.54) is 38.1 Å². The molecule has 1 aromatic heterocycles. The number of aromatic nitrogens is 2. The summed E-state index contributed by atoms with van der Waals surface area (Å²) in [7, 11) is 0. The third-order valence-corrected chi connectivity index (χ3v) is 3.25. The average Bonchev–Trinajstić information content (AvgIpc) is 2.84. The molecule has 1 fully saturated rings. The number of carbonyl (C=O) groups is 1. The zero-order valence-electron chi connectivity index (χ0n) is 9.96. The first-order valence-electron chi connectivity index (χ1n) is 6.04. The Morgan fingerprint density at radius 1 is 1.41 bits per heavy atom. The fourth-order valence-electron chi connectivity index (χ4n) is 2.36. The zero-order valence-corrected chi connectivity index (χ0v) is 9.96. The molecule has 1 N–H and O–H groups in total. The van der Waals surface area contributed by atoms with Gasteiger partial charge in [0.1, 0.15) is 0 Å². The van der Waals surface area contributed by atoms with Gasteiger partial charge in [-0.25, -0.2) is 14.8 Å². The maximum Gasteiger partial charge on any atom is 0.338 e. The number of aromatic carboxylic acids is 1. The van der Waals surface area contributed by atoms with E-state index >= 15 is 0 Å². The van der Waals surface area contributed by atoms with Crippen LogP contribution < -0.4 is 4.90 Å². The normalized spacial score (nSPS) is 16.1. The largest absolute Gasteiger partial charge is 0.478 e. The fraction of sp³-hybridized carbons (Fsp3) is 0.583. The maximum atomic E-state index is 10.7. The highest BCUT2D eigenvalue weighted by Crippen LogP contribution is 2.25. The van der Waals surface area contributed by atoms with Crippen LogP contribution >= 0.6 is 0 Å². The van der Waals surface area contributed by atoms with Crippen molar-refractivity contribution in [2.45, 2.75) is 38.6 Å². The molecule has 1 saturated carbocycles. The van der Waals surface area contributed by atoms with Gasteiger partial charge in [-0.3, -0.25) is 0 Å². The number of rotatable bonds is 4. The molecule has 1 aromatic rings. The lowest BCUT2D eigenvalue weighted by atomic mass is 10.2. The summed E-state index contributed by atoms with van der Waals surface area (Å²) in [6.45, 7) is 2.93. The highest BCUT2D eigenvalue weighted by Gasteiger charge is 2.23. The minimum atomic E-state index is -0.986. The summed E-state index contributed by atoms with van der Waals surface area (Å²) in [6.07, 6.45) is 7.63. The fourth-order valence-corrected chi connectivity index (χ4v) is 2.36. The van der Waals surface area contributed by atoms with Crippen molar-refractivity contribution < 1.29 is 9.90 Å². The van der Waals surface area contributed by atoms with E-state index in [4.69, 9.17) is 5.11 Å². The van der Waals surface area contributed by atoms with Crippen molar-refractivity contribution in [3.8, 4) is 0 Å². The Hall–Kier alpha value is -1.65. The molecule has 0 spiro atoms. The second-order valence-electron chi connectivity index (χ2n) is 4.30. The summed E-state index contributed by atoms with van der Waals surface area (Å²) in [5, 5.41) is 8.79. The first kappa shape index (κ1) is 11.8. The van der Waals surface area contributed by atoms with Crippen LogP contribution in [0.3, 0.4) is 0 Å². The van der Waals surface area contributed by atoms with E-state index in [1.807, 2.05) is 0 Å². The van der Waals surface area contributed by atoms with Gasteiger partial charge in [0.25, 0.3) is 0 Å². The van der Waals surface area contributed by atoms with E-state index in [1.54, 1.807) is 0 Å². The molecule has 0 unspecified atom stereocenters. The molecule has 0 aliphatic heterocycles. The van der Waals surface area contributed by atoms with Crippen LogP contribution in [0.1, 0.15) is 43.0 Å². The quantitative estimate of drug-likeness (QED) is 0.863. The lowest BCUT2D eigenvalue weighted by Crippen LogP contribution is -2.34. The van der Waals surface area contributed by atoms with Gasteiger partial charge in [0.05, 0.1) is 5.56 Å². The van der Waals surface area contributed by atoms with Gasteiger partial charge in [0.2, 0.25) is 5.95 Å². The minimum absolute atomic E-state index is 0.135. The van der Waals surface area contributed by atoms with Crippen molar-refractivity contribution in [1.29, 1.82) is 0 Å². The first-order valence-corrected chi connectivity index (χ1v) is 6.04. The summed E-state index contributed by atoms with van der Waals surface area (Å²) < 4.78 is 0. The van der Waals surface area contributed by atoms with E-state index < -0.39 is 5.97 Å². The van der Waals surface area contributed by atoms with Crippen LogP contribution in [0.5, 0.6) is 0 Å². The van der Waals surface area contributed by atoms with Gasteiger partial charge < -0.3 is 10.0 Å². The molecule has 1 heterocycles. The Morgan fingerprint density at radius 3 is 2.47 bits per heavy atom. The molecule has 0 amide bonds. The van der Waals surface area contributed by atoms with Crippen molar-refractivity contribution >= 4 is 11.9 Å². The van der Waals surface area contributed by atoms with Crippen molar-refractivity contribution in [1.82, 2.24) is 9.97 Å². The van der Waals surface area contributed by atoms with Crippen LogP contribution in [0.2, 0.25) is 0 Å². The molecule has 17 heavy (non-hydrogen) atoms. The van der Waals surface area contributed by atoms with Crippen LogP contribution in [0.25, 0.3) is 0 Å². The summed E-state index contributed by atoms with van der Waals surface area (Å²) in [5.74, 6) is -0.343. The number of anilines is 1. The predicted molar refractivity (Wildman–Crippen MR) is 64.3 cm³/mol. The van der Waals surface area contributed by atoms with Gasteiger partial charge in [-0.1, -0.05) is 12.8 Å². The Labute approximate surface area is 100 Å². The molecular formula is C12H17N3O2. The Morgan fingerprint density at radius 2 is 2.00 bits per heavy atom. The highest BCUT2D eigenvalue weighted by molar-refractivity contribution is 5.86. The average molecular weight is 235 g/mol. The lowest BCUT2D eigenvalue weighted by Gasteiger charge is -2.27. The van der Waals surface area contributed by atoms with Gasteiger partial charge in [0.15, 0.2) is 0 Å². The standard InChI is InChI=1S/C12H17N3O2/c1-2-15(10-5-3-4-6-10)12-13-7-9(8-14-12)11(16)17/h7-8,10H,2-6H2,1H3,(H,16,17). The van der Waals surface area contributed by atoms with Crippen molar-refractivity contribution in [2.24, 2.45) is 0 Å². The van der Waals surface area contributed by atoms with Crippen LogP contribution in [0.4, 0.5) is 5.95 Å². The number of carboxylic acid groups (broad SMARTS) is 1. The molecule has 0 bridgehead atoms. The number of carboxylic acids is 1. The summed E-state index contributed by atoms with van der Waals surface area (Å²) in [4.78, 5) is 21.2. The molecule has 5 nitrogen and oxygen atoms in total. The van der Waals surface area contributed by atoms with E-state index in [0.29, 0.717) is 12.0 Å². The van der Waals surface area contributed by atoms with Crippen LogP contribution in [0.15, 0.2) is 12.4 Å². The predicted octanol–water partition coefficient (Wildman–Crippen LogP) is 1.94. The molecule has 1 aliphatic carbocycles. The molecule has 2 rings (SSSR count). The van der Waals surface area contributed by atoms with Gasteiger partial charge in [-0.15, -0.1) is 0 Å². The van der Waals surface area contributed by atoms with Gasteiger partial charge in [0, 0.05) is 25.0 Å². The topological polar surface area (TPSA) is 66.3 Å². The van der Waals surface area contributed by atoms with E-state index in [2.05, 4.69) is 21.8 Å². The van der Waals surface area contributed by atoms with Crippen LogP contribution in [-0.4, -0.2) is 33.6 Å². The number of hydrogen-bond acceptors (Lipinski definition) is 4. The SMILES string of the molecule is CCN(c1ncc(C(=O)O)cn1)C1CCCC1. The lowest BCUT2D eigenvalue weighted by molar-refractivity contribution is 0.0696. The Balaban J connectivity index is 2.16. The van der Waals surface area contributed by atoms with Crippen LogP contribution in [-0.2, 0) is 0 Å². The summed E-state index contributed by atoms with van der Waals surface area (Å²) >= 11 is 0. The molecule has 1 aliphatic rings. The van der Waals surface area contributed by atoms with Crippen molar-refractivity contribution in [3.05, 3.63) is 18.0 Å². The van der Waals surface area contributed by atoms with E-state index in [0.717, 1.165) is 6.54 Å². The molecule has 0 saturated heterocycles.